The van der Waals surface area contributed by atoms with E-state index in [1.807, 2.05) is 23.6 Å². The molecule has 2 amide bonds. The van der Waals surface area contributed by atoms with Gasteiger partial charge in [0.1, 0.15) is 0 Å². The number of nitrogens with two attached hydrogens (primary N) is 1. The molecular formula is C17H31N3O2. The van der Waals surface area contributed by atoms with Crippen molar-refractivity contribution >= 4 is 11.8 Å². The lowest BCUT2D eigenvalue weighted by Gasteiger charge is -2.41. The van der Waals surface area contributed by atoms with E-state index in [9.17, 15) is 9.59 Å². The molecule has 2 atom stereocenters. The summed E-state index contributed by atoms with van der Waals surface area (Å²) in [4.78, 5) is 28.8. The van der Waals surface area contributed by atoms with E-state index in [1.54, 1.807) is 0 Å². The van der Waals surface area contributed by atoms with E-state index >= 15 is 0 Å². The Morgan fingerprint density at radius 2 is 1.77 bits per heavy atom. The van der Waals surface area contributed by atoms with Gasteiger partial charge in [-0.2, -0.15) is 0 Å². The van der Waals surface area contributed by atoms with E-state index in [0.717, 1.165) is 32.2 Å². The highest BCUT2D eigenvalue weighted by Gasteiger charge is 2.35. The predicted octanol–water partition coefficient (Wildman–Crippen LogP) is 1.47. The van der Waals surface area contributed by atoms with E-state index in [4.69, 9.17) is 5.73 Å². The van der Waals surface area contributed by atoms with Gasteiger partial charge in [-0.1, -0.05) is 20.8 Å². The number of carbonyl (C=O) groups is 2. The summed E-state index contributed by atoms with van der Waals surface area (Å²) in [5.41, 5.74) is 5.87. The largest absolute Gasteiger partial charge is 0.342 e. The SMILES string of the molecule is CC1CCN(C(=O)C2CCN(C(=O)C(C)C)CC2)C(CN)C1. The summed E-state index contributed by atoms with van der Waals surface area (Å²) < 4.78 is 0. The van der Waals surface area contributed by atoms with Crippen LogP contribution in [0.25, 0.3) is 0 Å². The molecule has 0 aromatic heterocycles. The van der Waals surface area contributed by atoms with Gasteiger partial charge in [0.2, 0.25) is 11.8 Å². The van der Waals surface area contributed by atoms with Crippen LogP contribution in [0.5, 0.6) is 0 Å². The molecule has 0 bridgehead atoms. The molecule has 0 aromatic rings. The van der Waals surface area contributed by atoms with Gasteiger partial charge in [0.05, 0.1) is 0 Å². The Hall–Kier alpha value is -1.10. The molecule has 2 aliphatic rings. The maximum atomic E-state index is 12.8. The number of carbonyl (C=O) groups excluding carboxylic acids is 2. The first kappa shape index (κ1) is 17.3. The molecule has 2 N–H and O–H groups in total. The van der Waals surface area contributed by atoms with Crippen molar-refractivity contribution in [1.29, 1.82) is 0 Å². The number of amides is 2. The van der Waals surface area contributed by atoms with Crippen molar-refractivity contribution in [2.24, 2.45) is 23.5 Å². The average molecular weight is 309 g/mol. The Morgan fingerprint density at radius 1 is 1.14 bits per heavy atom. The summed E-state index contributed by atoms with van der Waals surface area (Å²) in [6.07, 6.45) is 3.68. The van der Waals surface area contributed by atoms with Gasteiger partial charge in [-0.25, -0.2) is 0 Å². The lowest BCUT2D eigenvalue weighted by atomic mass is 9.89. The first-order valence-corrected chi connectivity index (χ1v) is 8.73. The molecule has 5 heteroatoms. The number of nitrogens with zero attached hydrogens (tertiary/aromatic N) is 2. The molecule has 0 spiro atoms. The Bertz CT molecular complexity index is 403. The molecule has 126 valence electrons. The van der Waals surface area contributed by atoms with Gasteiger partial charge in [-0.05, 0) is 31.6 Å². The first-order chi connectivity index (χ1) is 10.4. The molecular weight excluding hydrogens is 278 g/mol. The molecule has 0 aromatic carbocycles. The highest BCUT2D eigenvalue weighted by atomic mass is 16.2. The van der Waals surface area contributed by atoms with Crippen LogP contribution in [0, 0.1) is 17.8 Å². The first-order valence-electron chi connectivity index (χ1n) is 8.73. The fourth-order valence-corrected chi connectivity index (χ4v) is 3.71. The molecule has 2 saturated heterocycles. The standard InChI is InChI=1S/C17H31N3O2/c1-12(2)16(21)19-7-5-14(6-8-19)17(22)20-9-4-13(3)10-15(20)11-18/h12-15H,4-11,18H2,1-3H3. The van der Waals surface area contributed by atoms with Gasteiger partial charge < -0.3 is 15.5 Å². The van der Waals surface area contributed by atoms with Crippen molar-refractivity contribution in [3.63, 3.8) is 0 Å². The third-order valence-corrected chi connectivity index (χ3v) is 5.18. The summed E-state index contributed by atoms with van der Waals surface area (Å²) in [5, 5.41) is 0. The average Bonchev–Trinajstić information content (AvgIpc) is 2.53. The van der Waals surface area contributed by atoms with Crippen LogP contribution < -0.4 is 5.73 Å². The van der Waals surface area contributed by atoms with Crippen LogP contribution in [0.4, 0.5) is 0 Å². The van der Waals surface area contributed by atoms with E-state index in [-0.39, 0.29) is 29.7 Å². The van der Waals surface area contributed by atoms with Crippen LogP contribution in [-0.4, -0.2) is 53.8 Å². The molecule has 2 heterocycles. The lowest BCUT2D eigenvalue weighted by Crippen LogP contribution is -2.53. The Morgan fingerprint density at radius 3 is 2.32 bits per heavy atom. The van der Waals surface area contributed by atoms with Crippen molar-refractivity contribution in [2.75, 3.05) is 26.2 Å². The molecule has 5 nitrogen and oxygen atoms in total. The smallest absolute Gasteiger partial charge is 0.226 e. The molecule has 2 unspecified atom stereocenters. The fourth-order valence-electron chi connectivity index (χ4n) is 3.71. The van der Waals surface area contributed by atoms with Crippen LogP contribution in [0.1, 0.15) is 46.5 Å². The van der Waals surface area contributed by atoms with Gasteiger partial charge >= 0.3 is 0 Å². The Labute approximate surface area is 134 Å². The van der Waals surface area contributed by atoms with E-state index < -0.39 is 0 Å². The second-order valence-corrected chi connectivity index (χ2v) is 7.30. The number of likely N-dealkylation sites (tertiary alicyclic amines) is 2. The minimum atomic E-state index is 0.0393. The van der Waals surface area contributed by atoms with Gasteiger partial charge in [-0.3, -0.25) is 9.59 Å². The summed E-state index contributed by atoms with van der Waals surface area (Å²) in [5.74, 6) is 1.23. The van der Waals surface area contributed by atoms with Crippen molar-refractivity contribution < 1.29 is 9.59 Å². The zero-order valence-corrected chi connectivity index (χ0v) is 14.3. The Kier molecular flexibility index (Phi) is 5.84. The van der Waals surface area contributed by atoms with Crippen LogP contribution >= 0.6 is 0 Å². The molecule has 2 rings (SSSR count). The molecule has 0 radical (unpaired) electrons. The van der Waals surface area contributed by atoms with Crippen molar-refractivity contribution in [1.82, 2.24) is 9.80 Å². The summed E-state index contributed by atoms with van der Waals surface area (Å²) in [7, 11) is 0. The zero-order valence-electron chi connectivity index (χ0n) is 14.3. The normalized spacial score (nSPS) is 27.3. The van der Waals surface area contributed by atoms with E-state index in [0.29, 0.717) is 25.6 Å². The minimum absolute atomic E-state index is 0.0393. The van der Waals surface area contributed by atoms with Gasteiger partial charge in [0.15, 0.2) is 0 Å². The van der Waals surface area contributed by atoms with Crippen LogP contribution in [0.15, 0.2) is 0 Å². The lowest BCUT2D eigenvalue weighted by molar-refractivity contribution is -0.144. The maximum absolute atomic E-state index is 12.8. The van der Waals surface area contributed by atoms with Crippen molar-refractivity contribution in [3.05, 3.63) is 0 Å². The second-order valence-electron chi connectivity index (χ2n) is 7.30. The summed E-state index contributed by atoms with van der Waals surface area (Å²) in [6, 6.07) is 0.201. The molecule has 0 aliphatic carbocycles. The minimum Gasteiger partial charge on any atom is -0.342 e. The molecule has 2 aliphatic heterocycles. The zero-order chi connectivity index (χ0) is 16.3. The highest BCUT2D eigenvalue weighted by Crippen LogP contribution is 2.27. The monoisotopic (exact) mass is 309 g/mol. The quantitative estimate of drug-likeness (QED) is 0.858. The predicted molar refractivity (Wildman–Crippen MR) is 87.1 cm³/mol. The maximum Gasteiger partial charge on any atom is 0.226 e. The van der Waals surface area contributed by atoms with Crippen molar-refractivity contribution in [3.8, 4) is 0 Å². The highest BCUT2D eigenvalue weighted by molar-refractivity contribution is 5.81. The van der Waals surface area contributed by atoms with Crippen molar-refractivity contribution in [2.45, 2.75) is 52.5 Å². The third kappa shape index (κ3) is 3.80. The van der Waals surface area contributed by atoms with E-state index in [2.05, 4.69) is 6.92 Å². The number of piperidine rings is 2. The van der Waals surface area contributed by atoms with Crippen LogP contribution in [-0.2, 0) is 9.59 Å². The summed E-state index contributed by atoms with van der Waals surface area (Å²) in [6.45, 7) is 8.92. The molecule has 2 fully saturated rings. The van der Waals surface area contributed by atoms with E-state index in [1.165, 1.54) is 0 Å². The van der Waals surface area contributed by atoms with Gasteiger partial charge in [0, 0.05) is 44.1 Å². The number of hydrogen-bond donors (Lipinski definition) is 1. The fraction of sp³-hybridized carbons (Fsp3) is 0.882. The molecule has 0 saturated carbocycles. The number of rotatable bonds is 3. The number of hydrogen-bond acceptors (Lipinski definition) is 3. The van der Waals surface area contributed by atoms with Crippen LogP contribution in [0.2, 0.25) is 0 Å². The Balaban J connectivity index is 1.90. The van der Waals surface area contributed by atoms with Crippen LogP contribution in [0.3, 0.4) is 0 Å². The topological polar surface area (TPSA) is 66.6 Å². The summed E-state index contributed by atoms with van der Waals surface area (Å²) >= 11 is 0. The van der Waals surface area contributed by atoms with Gasteiger partial charge in [0.25, 0.3) is 0 Å². The molecule has 22 heavy (non-hydrogen) atoms. The third-order valence-electron chi connectivity index (χ3n) is 5.18. The van der Waals surface area contributed by atoms with Gasteiger partial charge in [-0.15, -0.1) is 0 Å². The second kappa shape index (κ2) is 7.44.